The molecule has 0 spiro atoms. The molecule has 4 fully saturated rings. The Balaban J connectivity index is 0.921. The lowest BCUT2D eigenvalue weighted by atomic mass is 9.43. The van der Waals surface area contributed by atoms with Crippen LogP contribution in [0.2, 0.25) is 0 Å². The second-order valence-electron chi connectivity index (χ2n) is 18.9. The molecule has 5 rings (SSSR count). The average Bonchev–Trinajstić information content (AvgIpc) is 3.44. The molecule has 0 radical (unpaired) electrons. The van der Waals surface area contributed by atoms with Crippen molar-refractivity contribution in [2.24, 2.45) is 52.3 Å². The lowest BCUT2D eigenvalue weighted by molar-refractivity contribution is -0.167. The quantitative estimate of drug-likeness (QED) is 0.114. The van der Waals surface area contributed by atoms with Crippen molar-refractivity contribution in [1.29, 1.82) is 0 Å². The molecule has 4 saturated carbocycles. The summed E-state index contributed by atoms with van der Waals surface area (Å²) >= 11 is 0. The molecule has 3 nitrogen and oxygen atoms in total. The molecule has 0 amide bonds. The standard InChI is InChI=1S/C46H80N2O/c1-35(2)19-17-20-36(3)40-24-25-41-44-42(27-29-46(40,41)5)45(4)28-26-39(33-38(45)34-43(44)49)48-32-18-31-47-30-16-11-9-7-6-8-10-13-21-37-22-14-12-15-23-37/h12,14-15,22-23,35-36,38-44,47-49H,6-11,13,16-21,24-34H2,1-5H3/t36-,38-,39+,40-,41?,42?,43?,44?,45+,46-/m1/s1. The van der Waals surface area contributed by atoms with Crippen LogP contribution in [0.25, 0.3) is 0 Å². The Hall–Kier alpha value is -0.900. The van der Waals surface area contributed by atoms with Gasteiger partial charge >= 0.3 is 0 Å². The van der Waals surface area contributed by atoms with Gasteiger partial charge in [-0.05, 0) is 155 Å². The van der Waals surface area contributed by atoms with Gasteiger partial charge in [-0.15, -0.1) is 0 Å². The van der Waals surface area contributed by atoms with Gasteiger partial charge in [0.05, 0.1) is 6.10 Å². The van der Waals surface area contributed by atoms with Crippen molar-refractivity contribution in [2.45, 2.75) is 182 Å². The highest BCUT2D eigenvalue weighted by molar-refractivity contribution is 5.15. The Morgan fingerprint density at radius 3 is 2.12 bits per heavy atom. The smallest absolute Gasteiger partial charge is 0.0577 e. The van der Waals surface area contributed by atoms with E-state index in [1.807, 2.05) is 0 Å². The van der Waals surface area contributed by atoms with E-state index in [4.69, 9.17) is 0 Å². The second-order valence-corrected chi connectivity index (χ2v) is 18.9. The largest absolute Gasteiger partial charge is 0.393 e. The molecule has 3 N–H and O–H groups in total. The molecule has 4 aliphatic rings. The van der Waals surface area contributed by atoms with Crippen molar-refractivity contribution < 1.29 is 5.11 Å². The Labute approximate surface area is 304 Å². The molecule has 10 atom stereocenters. The number of benzene rings is 1. The number of hydrogen-bond donors (Lipinski definition) is 3. The van der Waals surface area contributed by atoms with Gasteiger partial charge in [-0.2, -0.15) is 0 Å². The summed E-state index contributed by atoms with van der Waals surface area (Å²) in [4.78, 5) is 0. The van der Waals surface area contributed by atoms with Crippen LogP contribution in [0.15, 0.2) is 30.3 Å². The van der Waals surface area contributed by atoms with E-state index in [1.165, 1.54) is 141 Å². The third kappa shape index (κ3) is 10.4. The highest BCUT2D eigenvalue weighted by Crippen LogP contribution is 2.68. The Morgan fingerprint density at radius 1 is 0.694 bits per heavy atom. The van der Waals surface area contributed by atoms with Gasteiger partial charge in [-0.3, -0.25) is 0 Å². The number of aliphatic hydroxyl groups is 1. The predicted molar refractivity (Wildman–Crippen MR) is 211 cm³/mol. The SMILES string of the molecule is CC(C)CCC[C@@H](C)[C@H]1CCC2C3C(O)C[C@H]4C[C@@H](NCCCNCCCCCCCCCCc5ccccc5)CC[C@]4(C)C3CC[C@@]21C. The van der Waals surface area contributed by atoms with Crippen LogP contribution in [0.1, 0.15) is 169 Å². The average molecular weight is 677 g/mol. The first-order valence-electron chi connectivity index (χ1n) is 21.9. The fourth-order valence-corrected chi connectivity index (χ4v) is 12.4. The molecule has 0 aromatic heterocycles. The zero-order chi connectivity index (χ0) is 34.7. The molecule has 0 aliphatic heterocycles. The zero-order valence-electron chi connectivity index (χ0n) is 33.0. The van der Waals surface area contributed by atoms with Crippen molar-refractivity contribution in [1.82, 2.24) is 10.6 Å². The fraction of sp³-hybridized carbons (Fsp3) is 0.870. The van der Waals surface area contributed by atoms with Crippen LogP contribution in [0.5, 0.6) is 0 Å². The van der Waals surface area contributed by atoms with Crippen LogP contribution in [0.4, 0.5) is 0 Å². The van der Waals surface area contributed by atoms with Gasteiger partial charge in [-0.25, -0.2) is 0 Å². The number of aryl methyl sites for hydroxylation is 1. The number of hydrogen-bond acceptors (Lipinski definition) is 3. The number of fused-ring (bicyclic) bond motifs is 5. The molecule has 1 aromatic rings. The molecular weight excluding hydrogens is 597 g/mol. The third-order valence-electron chi connectivity index (χ3n) is 15.3. The molecule has 4 unspecified atom stereocenters. The molecule has 0 heterocycles. The van der Waals surface area contributed by atoms with Crippen LogP contribution in [0.3, 0.4) is 0 Å². The summed E-state index contributed by atoms with van der Waals surface area (Å²) in [5.74, 6) is 5.27. The van der Waals surface area contributed by atoms with E-state index in [9.17, 15) is 5.11 Å². The maximum Gasteiger partial charge on any atom is 0.0577 e. The maximum absolute atomic E-state index is 11.8. The molecule has 49 heavy (non-hydrogen) atoms. The van der Waals surface area contributed by atoms with E-state index in [2.05, 4.69) is 75.6 Å². The summed E-state index contributed by atoms with van der Waals surface area (Å²) in [6.07, 6.45) is 28.3. The van der Waals surface area contributed by atoms with Gasteiger partial charge in [-0.1, -0.05) is 123 Å². The summed E-state index contributed by atoms with van der Waals surface area (Å²) in [5.41, 5.74) is 2.39. The highest BCUT2D eigenvalue weighted by Gasteiger charge is 2.62. The van der Waals surface area contributed by atoms with E-state index in [0.29, 0.717) is 28.7 Å². The minimum Gasteiger partial charge on any atom is -0.393 e. The maximum atomic E-state index is 11.8. The summed E-state index contributed by atoms with van der Waals surface area (Å²) in [7, 11) is 0. The summed E-state index contributed by atoms with van der Waals surface area (Å²) in [5, 5.41) is 19.5. The first-order valence-corrected chi connectivity index (χ1v) is 21.9. The molecule has 1 aromatic carbocycles. The molecule has 3 heteroatoms. The van der Waals surface area contributed by atoms with Crippen molar-refractivity contribution in [2.75, 3.05) is 19.6 Å². The minimum atomic E-state index is -0.0735. The highest BCUT2D eigenvalue weighted by atomic mass is 16.3. The van der Waals surface area contributed by atoms with Gasteiger partial charge in [0, 0.05) is 6.04 Å². The summed E-state index contributed by atoms with van der Waals surface area (Å²) in [6.45, 7) is 16.1. The zero-order valence-corrected chi connectivity index (χ0v) is 33.0. The lowest BCUT2D eigenvalue weighted by Gasteiger charge is -2.62. The topological polar surface area (TPSA) is 44.3 Å². The van der Waals surface area contributed by atoms with Crippen molar-refractivity contribution in [3.8, 4) is 0 Å². The van der Waals surface area contributed by atoms with E-state index in [1.54, 1.807) is 0 Å². The van der Waals surface area contributed by atoms with E-state index < -0.39 is 0 Å². The lowest BCUT2D eigenvalue weighted by Crippen LogP contribution is -2.59. The second kappa shape index (κ2) is 19.3. The number of nitrogens with one attached hydrogen (secondary N) is 2. The first-order chi connectivity index (χ1) is 23.7. The van der Waals surface area contributed by atoms with Crippen LogP contribution >= 0.6 is 0 Å². The fourth-order valence-electron chi connectivity index (χ4n) is 12.4. The van der Waals surface area contributed by atoms with Crippen LogP contribution < -0.4 is 10.6 Å². The van der Waals surface area contributed by atoms with Crippen molar-refractivity contribution >= 4 is 0 Å². The molecule has 4 aliphatic carbocycles. The monoisotopic (exact) mass is 677 g/mol. The minimum absolute atomic E-state index is 0.0735. The van der Waals surface area contributed by atoms with Gasteiger partial charge in [0.1, 0.15) is 0 Å². The number of rotatable bonds is 21. The third-order valence-corrected chi connectivity index (χ3v) is 15.3. The van der Waals surface area contributed by atoms with Crippen LogP contribution in [0, 0.1) is 52.3 Å². The van der Waals surface area contributed by atoms with Crippen LogP contribution in [-0.4, -0.2) is 36.9 Å². The van der Waals surface area contributed by atoms with E-state index in [0.717, 1.165) is 49.1 Å². The van der Waals surface area contributed by atoms with Gasteiger partial charge < -0.3 is 15.7 Å². The Morgan fingerprint density at radius 2 is 1.37 bits per heavy atom. The number of unbranched alkanes of at least 4 members (excludes halogenated alkanes) is 7. The van der Waals surface area contributed by atoms with E-state index in [-0.39, 0.29) is 6.10 Å². The van der Waals surface area contributed by atoms with Gasteiger partial charge in [0.25, 0.3) is 0 Å². The normalized spacial score (nSPS) is 34.8. The molecule has 280 valence electrons. The van der Waals surface area contributed by atoms with E-state index >= 15 is 0 Å². The van der Waals surface area contributed by atoms with Crippen molar-refractivity contribution in [3.05, 3.63) is 35.9 Å². The molecular formula is C46H80N2O. The number of aliphatic hydroxyl groups excluding tert-OH is 1. The predicted octanol–water partition coefficient (Wildman–Crippen LogP) is 11.4. The first kappa shape index (κ1) is 39.3. The summed E-state index contributed by atoms with van der Waals surface area (Å²) < 4.78 is 0. The molecule has 0 saturated heterocycles. The van der Waals surface area contributed by atoms with Crippen molar-refractivity contribution in [3.63, 3.8) is 0 Å². The van der Waals surface area contributed by atoms with Crippen LogP contribution in [-0.2, 0) is 6.42 Å². The Bertz CT molecular complexity index is 1060. The van der Waals surface area contributed by atoms with Gasteiger partial charge in [0.2, 0.25) is 0 Å². The Kier molecular flexibility index (Phi) is 15.4. The summed E-state index contributed by atoms with van der Waals surface area (Å²) in [6, 6.07) is 11.6. The molecule has 0 bridgehead atoms. The van der Waals surface area contributed by atoms with Gasteiger partial charge in [0.15, 0.2) is 0 Å².